The topological polar surface area (TPSA) is 23.6 Å². The van der Waals surface area contributed by atoms with Gasteiger partial charge in [-0.3, -0.25) is 4.79 Å². The van der Waals surface area contributed by atoms with Crippen LogP contribution in [0.4, 0.5) is 5.69 Å². The molecule has 24 heavy (non-hydrogen) atoms. The minimum atomic E-state index is 0.171. The molecule has 1 saturated heterocycles. The number of hydrogen-bond donors (Lipinski definition) is 0. The zero-order valence-corrected chi connectivity index (χ0v) is 14.6. The maximum atomic E-state index is 12.5. The van der Waals surface area contributed by atoms with Gasteiger partial charge in [0.05, 0.1) is 0 Å². The second-order valence-electron chi connectivity index (χ2n) is 6.87. The molecular weight excluding hydrogens is 296 g/mol. The Balaban J connectivity index is 1.52. The van der Waals surface area contributed by atoms with Crippen molar-refractivity contribution in [2.45, 2.75) is 19.3 Å². The van der Waals surface area contributed by atoms with Crippen LogP contribution in [-0.2, 0) is 6.42 Å². The number of anilines is 1. The van der Waals surface area contributed by atoms with Crippen LogP contribution in [0.3, 0.4) is 0 Å². The molecule has 126 valence electrons. The van der Waals surface area contributed by atoms with Crippen molar-refractivity contribution >= 4 is 11.6 Å². The van der Waals surface area contributed by atoms with E-state index in [9.17, 15) is 4.79 Å². The van der Waals surface area contributed by atoms with E-state index in [1.54, 1.807) is 0 Å². The van der Waals surface area contributed by atoms with Crippen molar-refractivity contribution in [2.75, 3.05) is 32.1 Å². The number of benzene rings is 2. The van der Waals surface area contributed by atoms with E-state index < -0.39 is 0 Å². The van der Waals surface area contributed by atoms with Crippen LogP contribution in [0.5, 0.6) is 0 Å². The van der Waals surface area contributed by atoms with E-state index >= 15 is 0 Å². The lowest BCUT2D eigenvalue weighted by molar-refractivity contribution is 0.0690. The van der Waals surface area contributed by atoms with Crippen LogP contribution in [0.1, 0.15) is 28.8 Å². The second-order valence-corrected chi connectivity index (χ2v) is 6.87. The molecule has 0 aliphatic carbocycles. The normalized spacial score (nSPS) is 15.3. The fourth-order valence-corrected chi connectivity index (χ4v) is 3.37. The van der Waals surface area contributed by atoms with Gasteiger partial charge in [0.25, 0.3) is 5.91 Å². The first-order chi connectivity index (χ1) is 11.6. The lowest BCUT2D eigenvalue weighted by Crippen LogP contribution is -2.38. The lowest BCUT2D eigenvalue weighted by Gasteiger charge is -2.32. The molecule has 0 atom stereocenters. The number of carbonyl (C=O) groups is 1. The first-order valence-electron chi connectivity index (χ1n) is 8.74. The summed E-state index contributed by atoms with van der Waals surface area (Å²) in [5.74, 6) is 0.847. The summed E-state index contributed by atoms with van der Waals surface area (Å²) in [5.41, 5.74) is 3.44. The van der Waals surface area contributed by atoms with Crippen LogP contribution in [0.2, 0.25) is 0 Å². The number of nitrogens with zero attached hydrogens (tertiary/aromatic N) is 2. The van der Waals surface area contributed by atoms with Crippen LogP contribution >= 0.6 is 0 Å². The third kappa shape index (κ3) is 3.97. The summed E-state index contributed by atoms with van der Waals surface area (Å²) in [6, 6.07) is 18.4. The van der Waals surface area contributed by atoms with E-state index in [0.29, 0.717) is 5.92 Å². The van der Waals surface area contributed by atoms with Crippen molar-refractivity contribution in [3.05, 3.63) is 65.7 Å². The van der Waals surface area contributed by atoms with E-state index in [1.165, 1.54) is 11.3 Å². The smallest absolute Gasteiger partial charge is 0.253 e. The zero-order chi connectivity index (χ0) is 16.9. The van der Waals surface area contributed by atoms with Gasteiger partial charge in [0.15, 0.2) is 0 Å². The van der Waals surface area contributed by atoms with Crippen LogP contribution in [-0.4, -0.2) is 38.0 Å². The molecule has 3 heteroatoms. The maximum absolute atomic E-state index is 12.5. The fraction of sp³-hybridized carbons (Fsp3) is 0.381. The molecule has 3 rings (SSSR count). The van der Waals surface area contributed by atoms with E-state index in [-0.39, 0.29) is 5.91 Å². The van der Waals surface area contributed by atoms with Gasteiger partial charge >= 0.3 is 0 Å². The Bertz CT molecular complexity index is 656. The van der Waals surface area contributed by atoms with Crippen molar-refractivity contribution < 1.29 is 4.79 Å². The van der Waals surface area contributed by atoms with E-state index in [0.717, 1.165) is 37.9 Å². The van der Waals surface area contributed by atoms with Crippen LogP contribution in [0, 0.1) is 5.92 Å². The Morgan fingerprint density at radius 2 is 1.62 bits per heavy atom. The highest BCUT2D eigenvalue weighted by atomic mass is 16.2. The van der Waals surface area contributed by atoms with Crippen LogP contribution < -0.4 is 4.90 Å². The first kappa shape index (κ1) is 16.6. The minimum Gasteiger partial charge on any atom is -0.378 e. The second kappa shape index (κ2) is 7.52. The number of piperidine rings is 1. The Morgan fingerprint density at radius 3 is 2.21 bits per heavy atom. The lowest BCUT2D eigenvalue weighted by atomic mass is 9.90. The monoisotopic (exact) mass is 322 g/mol. The molecule has 1 heterocycles. The van der Waals surface area contributed by atoms with Gasteiger partial charge in [-0.2, -0.15) is 0 Å². The predicted octanol–water partition coefficient (Wildman–Crippen LogP) is 3.85. The van der Waals surface area contributed by atoms with Gasteiger partial charge in [-0.05, 0) is 55.0 Å². The highest BCUT2D eigenvalue weighted by Crippen LogP contribution is 2.24. The molecule has 2 aromatic rings. The zero-order valence-electron chi connectivity index (χ0n) is 14.6. The number of amides is 1. The molecule has 3 nitrogen and oxygen atoms in total. The standard InChI is InChI=1S/C21H26N2O/c1-22(2)20-10-8-17(9-11-20)16-18-12-14-23(15-13-18)21(24)19-6-4-3-5-7-19/h3-11,18H,12-16H2,1-2H3. The van der Waals surface area contributed by atoms with Crippen molar-refractivity contribution in [2.24, 2.45) is 5.92 Å². The van der Waals surface area contributed by atoms with Gasteiger partial charge in [-0.25, -0.2) is 0 Å². The summed E-state index contributed by atoms with van der Waals surface area (Å²) < 4.78 is 0. The Morgan fingerprint density at radius 1 is 1.00 bits per heavy atom. The number of rotatable bonds is 4. The van der Waals surface area contributed by atoms with E-state index in [4.69, 9.17) is 0 Å². The molecule has 0 radical (unpaired) electrons. The van der Waals surface area contributed by atoms with E-state index in [2.05, 4.69) is 43.3 Å². The maximum Gasteiger partial charge on any atom is 0.253 e. The predicted molar refractivity (Wildman–Crippen MR) is 99.5 cm³/mol. The SMILES string of the molecule is CN(C)c1ccc(CC2CCN(C(=O)c3ccccc3)CC2)cc1. The number of hydrogen-bond acceptors (Lipinski definition) is 2. The van der Waals surface area contributed by atoms with Gasteiger partial charge in [0.1, 0.15) is 0 Å². The molecule has 1 fully saturated rings. The van der Waals surface area contributed by atoms with Gasteiger partial charge < -0.3 is 9.80 Å². The average molecular weight is 322 g/mol. The molecular formula is C21H26N2O. The molecule has 0 saturated carbocycles. The summed E-state index contributed by atoms with van der Waals surface area (Å²) in [6.07, 6.45) is 3.29. The van der Waals surface area contributed by atoms with Gasteiger partial charge in [0, 0.05) is 38.4 Å². The van der Waals surface area contributed by atoms with Gasteiger partial charge in [0.2, 0.25) is 0 Å². The molecule has 2 aromatic carbocycles. The first-order valence-corrected chi connectivity index (χ1v) is 8.74. The minimum absolute atomic E-state index is 0.171. The summed E-state index contributed by atoms with van der Waals surface area (Å²) in [5, 5.41) is 0. The summed E-state index contributed by atoms with van der Waals surface area (Å²) in [7, 11) is 4.13. The van der Waals surface area contributed by atoms with E-state index in [1.807, 2.05) is 35.2 Å². The highest BCUT2D eigenvalue weighted by Gasteiger charge is 2.23. The van der Waals surface area contributed by atoms with Crippen LogP contribution in [0.15, 0.2) is 54.6 Å². The fourth-order valence-electron chi connectivity index (χ4n) is 3.37. The largest absolute Gasteiger partial charge is 0.378 e. The number of likely N-dealkylation sites (tertiary alicyclic amines) is 1. The summed E-state index contributed by atoms with van der Waals surface area (Å²) >= 11 is 0. The van der Waals surface area contributed by atoms with Crippen molar-refractivity contribution in [3.63, 3.8) is 0 Å². The molecule has 0 spiro atoms. The van der Waals surface area contributed by atoms with Crippen molar-refractivity contribution in [3.8, 4) is 0 Å². The molecule has 0 N–H and O–H groups in total. The summed E-state index contributed by atoms with van der Waals surface area (Å²) in [6.45, 7) is 1.74. The Hall–Kier alpha value is -2.29. The molecule has 0 bridgehead atoms. The third-order valence-corrected chi connectivity index (χ3v) is 4.90. The van der Waals surface area contributed by atoms with Crippen LogP contribution in [0.25, 0.3) is 0 Å². The molecule has 0 unspecified atom stereocenters. The summed E-state index contributed by atoms with van der Waals surface area (Å²) in [4.78, 5) is 16.6. The average Bonchev–Trinajstić information content (AvgIpc) is 2.63. The molecule has 1 aliphatic heterocycles. The Kier molecular flexibility index (Phi) is 5.19. The molecule has 0 aromatic heterocycles. The quantitative estimate of drug-likeness (QED) is 0.853. The third-order valence-electron chi connectivity index (χ3n) is 4.90. The van der Waals surface area contributed by atoms with Gasteiger partial charge in [-0.15, -0.1) is 0 Å². The molecule has 1 aliphatic rings. The Labute approximate surface area is 144 Å². The number of carbonyl (C=O) groups excluding carboxylic acids is 1. The van der Waals surface area contributed by atoms with Crippen molar-refractivity contribution in [1.82, 2.24) is 4.90 Å². The van der Waals surface area contributed by atoms with Gasteiger partial charge in [-0.1, -0.05) is 30.3 Å². The molecule has 1 amide bonds. The van der Waals surface area contributed by atoms with Crippen molar-refractivity contribution in [1.29, 1.82) is 0 Å². The highest BCUT2D eigenvalue weighted by molar-refractivity contribution is 5.94.